The van der Waals surface area contributed by atoms with E-state index >= 15 is 0 Å². The summed E-state index contributed by atoms with van der Waals surface area (Å²) in [4.78, 5) is 27.6. The van der Waals surface area contributed by atoms with Gasteiger partial charge in [0.05, 0.1) is 11.1 Å². The molecule has 0 radical (unpaired) electrons. The molecule has 29 heavy (non-hydrogen) atoms. The molecule has 0 saturated heterocycles. The molecule has 0 N–H and O–H groups in total. The van der Waals surface area contributed by atoms with Crippen molar-refractivity contribution in [3.63, 3.8) is 0 Å². The van der Waals surface area contributed by atoms with Crippen LogP contribution in [0.1, 0.15) is 20.7 Å². The molecule has 0 spiro atoms. The topological polar surface area (TPSA) is 37.4 Å². The van der Waals surface area contributed by atoms with Gasteiger partial charge in [-0.15, -0.1) is 0 Å². The highest BCUT2D eigenvalue weighted by molar-refractivity contribution is 14.1. The summed E-state index contributed by atoms with van der Waals surface area (Å²) in [6.45, 7) is 0. The number of halogens is 1. The molecule has 4 aromatic rings. The lowest BCUT2D eigenvalue weighted by Crippen LogP contribution is -2.24. The van der Waals surface area contributed by atoms with Crippen LogP contribution in [0.4, 0.5) is 0 Å². The van der Waals surface area contributed by atoms with Crippen molar-refractivity contribution in [2.75, 3.05) is 7.05 Å². The number of hydrogen-bond donors (Lipinski definition) is 0. The Hall–Kier alpha value is -2.99. The Balaban J connectivity index is 2.00. The standard InChI is InChI=1S/C25H16INO2/c1-27-24(28)22-20(15-7-3-2-4-8-15)18-9-5-6-10-19(18)21(23(22)25(27)29)16-11-13-17(26)14-12-16/h2-14H,1H3. The average Bonchev–Trinajstić information content (AvgIpc) is 2.98. The third-order valence-corrected chi connectivity index (χ3v) is 6.17. The number of benzene rings is 4. The molecule has 1 aliphatic rings. The fourth-order valence-corrected chi connectivity index (χ4v) is 4.47. The van der Waals surface area contributed by atoms with E-state index in [4.69, 9.17) is 0 Å². The normalized spacial score (nSPS) is 13.2. The van der Waals surface area contributed by atoms with E-state index in [1.807, 2.05) is 78.9 Å². The first kappa shape index (κ1) is 18.1. The minimum atomic E-state index is -0.249. The van der Waals surface area contributed by atoms with Gasteiger partial charge in [0.25, 0.3) is 11.8 Å². The van der Waals surface area contributed by atoms with Gasteiger partial charge in [0, 0.05) is 21.7 Å². The second kappa shape index (κ2) is 6.81. The van der Waals surface area contributed by atoms with Crippen LogP contribution in [0, 0.1) is 3.57 Å². The SMILES string of the molecule is CN1C(=O)c2c(c(-c3ccc(I)cc3)c3ccccc3c2-c2ccccc2)C1=O. The number of nitrogens with zero attached hydrogens (tertiary/aromatic N) is 1. The summed E-state index contributed by atoms with van der Waals surface area (Å²) in [5, 5.41) is 1.95. The number of imide groups is 1. The zero-order valence-corrected chi connectivity index (χ0v) is 17.8. The van der Waals surface area contributed by atoms with Gasteiger partial charge in [0.2, 0.25) is 0 Å². The second-order valence-electron chi connectivity index (χ2n) is 7.09. The van der Waals surface area contributed by atoms with Crippen LogP contribution in [0.25, 0.3) is 33.0 Å². The third kappa shape index (κ3) is 2.70. The van der Waals surface area contributed by atoms with Crippen molar-refractivity contribution in [2.45, 2.75) is 0 Å². The summed E-state index contributed by atoms with van der Waals surface area (Å²) >= 11 is 2.27. The predicted molar refractivity (Wildman–Crippen MR) is 124 cm³/mol. The van der Waals surface area contributed by atoms with Gasteiger partial charge in [0.15, 0.2) is 0 Å². The minimum Gasteiger partial charge on any atom is -0.277 e. The molecule has 1 aliphatic heterocycles. The van der Waals surface area contributed by atoms with Crippen LogP contribution in [0.5, 0.6) is 0 Å². The summed E-state index contributed by atoms with van der Waals surface area (Å²) < 4.78 is 1.12. The Kier molecular flexibility index (Phi) is 4.24. The summed E-state index contributed by atoms with van der Waals surface area (Å²) in [6, 6.07) is 25.9. The van der Waals surface area contributed by atoms with Crippen molar-refractivity contribution >= 4 is 45.2 Å². The number of amides is 2. The molecule has 4 heteroatoms. The molecule has 0 fully saturated rings. The van der Waals surface area contributed by atoms with E-state index in [2.05, 4.69) is 22.6 Å². The first-order valence-electron chi connectivity index (χ1n) is 9.30. The van der Waals surface area contributed by atoms with Gasteiger partial charge in [0.1, 0.15) is 0 Å². The van der Waals surface area contributed by atoms with Gasteiger partial charge in [-0.05, 0) is 56.6 Å². The Morgan fingerprint density at radius 1 is 0.586 bits per heavy atom. The fourth-order valence-electron chi connectivity index (χ4n) is 4.11. The van der Waals surface area contributed by atoms with Gasteiger partial charge in [-0.2, -0.15) is 0 Å². The second-order valence-corrected chi connectivity index (χ2v) is 8.33. The Bertz CT molecular complexity index is 1290. The molecule has 5 rings (SSSR count). The van der Waals surface area contributed by atoms with Gasteiger partial charge in [-0.1, -0.05) is 66.7 Å². The van der Waals surface area contributed by atoms with Gasteiger partial charge >= 0.3 is 0 Å². The Morgan fingerprint density at radius 2 is 1.03 bits per heavy atom. The summed E-state index contributed by atoms with van der Waals surface area (Å²) in [7, 11) is 1.56. The van der Waals surface area contributed by atoms with Crippen LogP contribution in [0.2, 0.25) is 0 Å². The van der Waals surface area contributed by atoms with Crippen molar-refractivity contribution in [1.82, 2.24) is 4.90 Å². The molecule has 0 aromatic heterocycles. The van der Waals surface area contributed by atoms with Gasteiger partial charge < -0.3 is 0 Å². The molecule has 0 bridgehead atoms. The maximum Gasteiger partial charge on any atom is 0.261 e. The zero-order chi connectivity index (χ0) is 20.1. The van der Waals surface area contributed by atoms with Crippen LogP contribution < -0.4 is 0 Å². The highest BCUT2D eigenvalue weighted by Crippen LogP contribution is 2.45. The number of rotatable bonds is 2. The Morgan fingerprint density at radius 3 is 1.55 bits per heavy atom. The van der Waals surface area contributed by atoms with E-state index < -0.39 is 0 Å². The van der Waals surface area contributed by atoms with Crippen LogP contribution >= 0.6 is 22.6 Å². The molecular weight excluding hydrogens is 473 g/mol. The molecule has 3 nitrogen and oxygen atoms in total. The number of hydrogen-bond acceptors (Lipinski definition) is 2. The summed E-state index contributed by atoms with van der Waals surface area (Å²) in [6.07, 6.45) is 0. The van der Waals surface area contributed by atoms with Crippen LogP contribution in [0.15, 0.2) is 78.9 Å². The Labute approximate surface area is 182 Å². The monoisotopic (exact) mass is 489 g/mol. The van der Waals surface area contributed by atoms with Gasteiger partial charge in [-0.3, -0.25) is 14.5 Å². The molecule has 0 atom stereocenters. The highest BCUT2D eigenvalue weighted by atomic mass is 127. The first-order chi connectivity index (χ1) is 14.1. The molecule has 1 heterocycles. The molecule has 2 amide bonds. The lowest BCUT2D eigenvalue weighted by atomic mass is 9.84. The fraction of sp³-hybridized carbons (Fsp3) is 0.0400. The molecule has 0 saturated carbocycles. The summed E-state index contributed by atoms with van der Waals surface area (Å²) in [5.41, 5.74) is 4.52. The minimum absolute atomic E-state index is 0.249. The van der Waals surface area contributed by atoms with Crippen molar-refractivity contribution in [3.8, 4) is 22.3 Å². The summed E-state index contributed by atoms with van der Waals surface area (Å²) in [5.74, 6) is -0.497. The van der Waals surface area contributed by atoms with E-state index in [1.165, 1.54) is 4.90 Å². The van der Waals surface area contributed by atoms with Crippen molar-refractivity contribution in [1.29, 1.82) is 0 Å². The highest BCUT2D eigenvalue weighted by Gasteiger charge is 2.39. The molecular formula is C25H16INO2. The molecule has 140 valence electrons. The van der Waals surface area contributed by atoms with Crippen LogP contribution in [-0.2, 0) is 0 Å². The van der Waals surface area contributed by atoms with E-state index in [1.54, 1.807) is 7.05 Å². The van der Waals surface area contributed by atoms with Crippen molar-refractivity contribution in [3.05, 3.63) is 93.6 Å². The smallest absolute Gasteiger partial charge is 0.261 e. The van der Waals surface area contributed by atoms with Gasteiger partial charge in [-0.25, -0.2) is 0 Å². The zero-order valence-electron chi connectivity index (χ0n) is 15.6. The van der Waals surface area contributed by atoms with Crippen molar-refractivity contribution in [2.24, 2.45) is 0 Å². The maximum atomic E-state index is 13.2. The van der Waals surface area contributed by atoms with E-state index in [-0.39, 0.29) is 11.8 Å². The van der Waals surface area contributed by atoms with E-state index in [0.29, 0.717) is 11.1 Å². The van der Waals surface area contributed by atoms with Crippen molar-refractivity contribution < 1.29 is 9.59 Å². The average molecular weight is 489 g/mol. The van der Waals surface area contributed by atoms with E-state index in [9.17, 15) is 9.59 Å². The number of fused-ring (bicyclic) bond motifs is 2. The predicted octanol–water partition coefficient (Wildman–Crippen LogP) is 6.00. The maximum absolute atomic E-state index is 13.2. The molecule has 0 aliphatic carbocycles. The first-order valence-corrected chi connectivity index (χ1v) is 10.4. The van der Waals surface area contributed by atoms with E-state index in [0.717, 1.165) is 36.6 Å². The lowest BCUT2D eigenvalue weighted by Gasteiger charge is -2.17. The third-order valence-electron chi connectivity index (χ3n) is 5.45. The largest absolute Gasteiger partial charge is 0.277 e. The van der Waals surface area contributed by atoms with Crippen LogP contribution in [-0.4, -0.2) is 23.8 Å². The number of carbonyl (C=O) groups is 2. The molecule has 4 aromatic carbocycles. The quantitative estimate of drug-likeness (QED) is 0.256. The lowest BCUT2D eigenvalue weighted by molar-refractivity contribution is 0.0693. The van der Waals surface area contributed by atoms with Crippen LogP contribution in [0.3, 0.4) is 0 Å². The number of carbonyl (C=O) groups excluding carboxylic acids is 2. The molecule has 0 unspecified atom stereocenters.